The van der Waals surface area contributed by atoms with E-state index in [1.165, 1.54) is 19.3 Å². The molecule has 0 bridgehead atoms. The second kappa shape index (κ2) is 2.89. The normalized spacial score (nSPS) is 16.8. The number of rotatable bonds is 1. The van der Waals surface area contributed by atoms with Crippen LogP contribution in [-0.2, 0) is 0 Å². The standard InChI is InChI=1S/C11H14N4/c12-7-4-5-10-9(6-7)14-11(13)15(10)8-2-1-3-8/h4-6,8H,1-3,12H2,(H2,13,14). The zero-order valence-electron chi connectivity index (χ0n) is 8.48. The summed E-state index contributed by atoms with van der Waals surface area (Å²) in [4.78, 5) is 4.34. The number of hydrogen-bond donors (Lipinski definition) is 2. The Balaban J connectivity index is 2.23. The lowest BCUT2D eigenvalue weighted by molar-refractivity contribution is 0.324. The maximum atomic E-state index is 5.92. The van der Waals surface area contributed by atoms with Crippen LogP contribution in [-0.4, -0.2) is 9.55 Å². The fraction of sp³-hybridized carbons (Fsp3) is 0.364. The molecular formula is C11H14N4. The predicted molar refractivity (Wildman–Crippen MR) is 61.4 cm³/mol. The van der Waals surface area contributed by atoms with Crippen molar-refractivity contribution in [2.75, 3.05) is 11.5 Å². The average Bonchev–Trinajstić information content (AvgIpc) is 2.40. The van der Waals surface area contributed by atoms with Gasteiger partial charge in [-0.15, -0.1) is 0 Å². The Kier molecular flexibility index (Phi) is 1.65. The van der Waals surface area contributed by atoms with Crippen LogP contribution < -0.4 is 11.5 Å². The monoisotopic (exact) mass is 202 g/mol. The predicted octanol–water partition coefficient (Wildman–Crippen LogP) is 1.93. The van der Waals surface area contributed by atoms with E-state index in [0.717, 1.165) is 16.7 Å². The Hall–Kier alpha value is -1.71. The molecule has 0 unspecified atom stereocenters. The summed E-state index contributed by atoms with van der Waals surface area (Å²) in [6, 6.07) is 6.32. The molecule has 0 radical (unpaired) electrons. The lowest BCUT2D eigenvalue weighted by atomic mass is 9.93. The van der Waals surface area contributed by atoms with E-state index in [4.69, 9.17) is 11.5 Å². The van der Waals surface area contributed by atoms with Crippen LogP contribution in [0.5, 0.6) is 0 Å². The molecule has 4 heteroatoms. The molecule has 1 saturated carbocycles. The van der Waals surface area contributed by atoms with E-state index in [-0.39, 0.29) is 0 Å². The first-order valence-corrected chi connectivity index (χ1v) is 5.28. The van der Waals surface area contributed by atoms with Crippen LogP contribution in [0.15, 0.2) is 18.2 Å². The number of nitrogen functional groups attached to an aromatic ring is 2. The van der Waals surface area contributed by atoms with Gasteiger partial charge in [-0.05, 0) is 37.5 Å². The fourth-order valence-electron chi connectivity index (χ4n) is 2.16. The van der Waals surface area contributed by atoms with E-state index >= 15 is 0 Å². The van der Waals surface area contributed by atoms with E-state index in [2.05, 4.69) is 9.55 Å². The van der Waals surface area contributed by atoms with Crippen LogP contribution in [0.4, 0.5) is 11.6 Å². The molecule has 0 spiro atoms. The third kappa shape index (κ3) is 1.17. The zero-order valence-corrected chi connectivity index (χ0v) is 8.48. The van der Waals surface area contributed by atoms with Crippen molar-refractivity contribution in [1.82, 2.24) is 9.55 Å². The molecule has 1 fully saturated rings. The first-order chi connectivity index (χ1) is 7.25. The van der Waals surface area contributed by atoms with Gasteiger partial charge in [-0.25, -0.2) is 4.98 Å². The Morgan fingerprint density at radius 1 is 1.27 bits per heavy atom. The van der Waals surface area contributed by atoms with Gasteiger partial charge in [-0.2, -0.15) is 0 Å². The molecule has 1 aromatic carbocycles. The van der Waals surface area contributed by atoms with Crippen LogP contribution in [0.1, 0.15) is 25.3 Å². The molecule has 0 saturated heterocycles. The summed E-state index contributed by atoms with van der Waals surface area (Å²) in [6.45, 7) is 0. The van der Waals surface area contributed by atoms with Crippen LogP contribution in [0.25, 0.3) is 11.0 Å². The number of nitrogens with zero attached hydrogens (tertiary/aromatic N) is 2. The van der Waals surface area contributed by atoms with Crippen LogP contribution in [0.2, 0.25) is 0 Å². The lowest BCUT2D eigenvalue weighted by Crippen LogP contribution is -2.18. The summed E-state index contributed by atoms with van der Waals surface area (Å²) < 4.78 is 2.14. The second-order valence-corrected chi connectivity index (χ2v) is 4.17. The lowest BCUT2D eigenvalue weighted by Gasteiger charge is -2.28. The molecule has 1 aliphatic carbocycles. The van der Waals surface area contributed by atoms with Crippen molar-refractivity contribution < 1.29 is 0 Å². The smallest absolute Gasteiger partial charge is 0.201 e. The van der Waals surface area contributed by atoms with Gasteiger partial charge >= 0.3 is 0 Å². The minimum atomic E-state index is 0.540. The molecule has 0 amide bonds. The third-order valence-corrected chi connectivity index (χ3v) is 3.18. The number of nitrogens with two attached hydrogens (primary N) is 2. The minimum Gasteiger partial charge on any atom is -0.399 e. The molecule has 1 heterocycles. The molecule has 15 heavy (non-hydrogen) atoms. The van der Waals surface area contributed by atoms with Gasteiger partial charge in [-0.1, -0.05) is 0 Å². The second-order valence-electron chi connectivity index (χ2n) is 4.17. The van der Waals surface area contributed by atoms with Crippen molar-refractivity contribution in [2.24, 2.45) is 0 Å². The summed E-state index contributed by atoms with van der Waals surface area (Å²) in [7, 11) is 0. The van der Waals surface area contributed by atoms with E-state index in [0.29, 0.717) is 12.0 Å². The van der Waals surface area contributed by atoms with Gasteiger partial charge in [0.25, 0.3) is 0 Å². The quantitative estimate of drug-likeness (QED) is 0.694. The highest BCUT2D eigenvalue weighted by Gasteiger charge is 2.23. The third-order valence-electron chi connectivity index (χ3n) is 3.18. The molecule has 2 aromatic rings. The highest BCUT2D eigenvalue weighted by molar-refractivity contribution is 5.81. The van der Waals surface area contributed by atoms with E-state index < -0.39 is 0 Å². The Morgan fingerprint density at radius 2 is 2.07 bits per heavy atom. The fourth-order valence-corrected chi connectivity index (χ4v) is 2.16. The maximum Gasteiger partial charge on any atom is 0.201 e. The average molecular weight is 202 g/mol. The summed E-state index contributed by atoms with van der Waals surface area (Å²) in [6.07, 6.45) is 3.71. The van der Waals surface area contributed by atoms with Gasteiger partial charge in [0.05, 0.1) is 11.0 Å². The molecule has 3 rings (SSSR count). The van der Waals surface area contributed by atoms with E-state index in [1.807, 2.05) is 18.2 Å². The van der Waals surface area contributed by atoms with Gasteiger partial charge < -0.3 is 16.0 Å². The molecule has 1 aliphatic rings. The SMILES string of the molecule is Nc1ccc2c(c1)nc(N)n2C1CCC1. The highest BCUT2D eigenvalue weighted by atomic mass is 15.2. The molecule has 78 valence electrons. The number of anilines is 2. The van der Waals surface area contributed by atoms with Crippen molar-refractivity contribution in [3.05, 3.63) is 18.2 Å². The van der Waals surface area contributed by atoms with Crippen molar-refractivity contribution >= 4 is 22.7 Å². The van der Waals surface area contributed by atoms with Crippen molar-refractivity contribution in [3.8, 4) is 0 Å². The number of fused-ring (bicyclic) bond motifs is 1. The molecule has 1 aromatic heterocycles. The van der Waals surface area contributed by atoms with Gasteiger partial charge in [0.1, 0.15) is 0 Å². The van der Waals surface area contributed by atoms with E-state index in [9.17, 15) is 0 Å². The van der Waals surface area contributed by atoms with Crippen LogP contribution in [0.3, 0.4) is 0 Å². The number of imidazole rings is 1. The largest absolute Gasteiger partial charge is 0.399 e. The molecule has 0 atom stereocenters. The van der Waals surface area contributed by atoms with Crippen molar-refractivity contribution in [3.63, 3.8) is 0 Å². The van der Waals surface area contributed by atoms with Crippen LogP contribution in [0, 0.1) is 0 Å². The Bertz CT molecular complexity index is 511. The Morgan fingerprint density at radius 3 is 2.73 bits per heavy atom. The zero-order chi connectivity index (χ0) is 10.4. The maximum absolute atomic E-state index is 5.92. The number of benzene rings is 1. The van der Waals surface area contributed by atoms with E-state index in [1.54, 1.807) is 0 Å². The van der Waals surface area contributed by atoms with Gasteiger partial charge in [0.2, 0.25) is 5.95 Å². The summed E-state index contributed by atoms with van der Waals surface area (Å²) >= 11 is 0. The van der Waals surface area contributed by atoms with Crippen molar-refractivity contribution in [2.45, 2.75) is 25.3 Å². The molecule has 4 nitrogen and oxygen atoms in total. The summed E-state index contributed by atoms with van der Waals surface area (Å²) in [5.41, 5.74) is 14.4. The molecule has 4 N–H and O–H groups in total. The molecular weight excluding hydrogens is 188 g/mol. The summed E-state index contributed by atoms with van der Waals surface area (Å²) in [5.74, 6) is 0.611. The summed E-state index contributed by atoms with van der Waals surface area (Å²) in [5, 5.41) is 0. The first-order valence-electron chi connectivity index (χ1n) is 5.28. The van der Waals surface area contributed by atoms with Gasteiger partial charge in [0, 0.05) is 11.7 Å². The highest BCUT2D eigenvalue weighted by Crippen LogP contribution is 2.36. The minimum absolute atomic E-state index is 0.540. The Labute approximate surface area is 87.9 Å². The van der Waals surface area contributed by atoms with Gasteiger partial charge in [-0.3, -0.25) is 0 Å². The number of aromatic nitrogens is 2. The molecule has 0 aliphatic heterocycles. The topological polar surface area (TPSA) is 69.9 Å². The number of hydrogen-bond acceptors (Lipinski definition) is 3. The van der Waals surface area contributed by atoms with Crippen LogP contribution >= 0.6 is 0 Å². The van der Waals surface area contributed by atoms with Gasteiger partial charge in [0.15, 0.2) is 0 Å². The van der Waals surface area contributed by atoms with Crippen molar-refractivity contribution in [1.29, 1.82) is 0 Å². The first kappa shape index (κ1) is 8.59.